The molecule has 5 heterocycles. The Kier molecular flexibility index (Phi) is 4.58. The van der Waals surface area contributed by atoms with Crippen molar-refractivity contribution >= 4 is 11.6 Å². The first-order chi connectivity index (χ1) is 16.1. The van der Waals surface area contributed by atoms with Gasteiger partial charge < -0.3 is 4.52 Å². The Hall–Kier alpha value is -3.85. The molecule has 5 aromatic rings. The van der Waals surface area contributed by atoms with E-state index in [-0.39, 0.29) is 5.92 Å². The maximum absolute atomic E-state index is 6.36. The zero-order valence-electron chi connectivity index (χ0n) is 18.0. The summed E-state index contributed by atoms with van der Waals surface area (Å²) in [5.74, 6) is 1.20. The lowest BCUT2D eigenvalue weighted by molar-refractivity contribution is 0.418. The van der Waals surface area contributed by atoms with Crippen molar-refractivity contribution in [2.45, 2.75) is 32.6 Å². The minimum absolute atomic E-state index is 0.155. The molecule has 164 valence electrons. The van der Waals surface area contributed by atoms with E-state index < -0.39 is 0 Å². The van der Waals surface area contributed by atoms with Crippen molar-refractivity contribution in [3.8, 4) is 23.0 Å². The number of pyridine rings is 1. The molecule has 0 fully saturated rings. The second-order valence-corrected chi connectivity index (χ2v) is 8.66. The SMILES string of the molecule is CC(C)c1noc(-c2ncn3c2Cc2c(Cc4ccccn4)nnn2-c2cc(Cl)ccc2-3)n1. The fraction of sp³-hybridized carbons (Fsp3) is 0.217. The lowest BCUT2D eigenvalue weighted by atomic mass is 10.1. The summed E-state index contributed by atoms with van der Waals surface area (Å²) in [6, 6.07) is 11.5. The molecule has 0 atom stereocenters. The molecule has 0 spiro atoms. The van der Waals surface area contributed by atoms with Crippen LogP contribution in [0.1, 0.15) is 48.4 Å². The van der Waals surface area contributed by atoms with Gasteiger partial charge in [0.1, 0.15) is 6.33 Å². The molecule has 1 aliphatic heterocycles. The number of hydrogen-bond acceptors (Lipinski definition) is 7. The molecule has 0 bridgehead atoms. The summed E-state index contributed by atoms with van der Waals surface area (Å²) in [5, 5.41) is 13.7. The molecule has 1 aliphatic rings. The van der Waals surface area contributed by atoms with E-state index in [1.807, 2.05) is 59.5 Å². The van der Waals surface area contributed by atoms with Gasteiger partial charge in [0.2, 0.25) is 0 Å². The third-order valence-electron chi connectivity index (χ3n) is 5.71. The minimum atomic E-state index is 0.155. The Balaban J connectivity index is 1.53. The molecule has 0 N–H and O–H groups in total. The molecule has 9 nitrogen and oxygen atoms in total. The molecule has 0 aliphatic carbocycles. The minimum Gasteiger partial charge on any atom is -0.332 e. The summed E-state index contributed by atoms with van der Waals surface area (Å²) in [5.41, 5.74) is 5.98. The van der Waals surface area contributed by atoms with Crippen molar-refractivity contribution in [3.63, 3.8) is 0 Å². The van der Waals surface area contributed by atoms with Crippen molar-refractivity contribution in [2.75, 3.05) is 0 Å². The van der Waals surface area contributed by atoms with Crippen LogP contribution in [-0.4, -0.2) is 39.7 Å². The summed E-state index contributed by atoms with van der Waals surface area (Å²) in [4.78, 5) is 13.7. The van der Waals surface area contributed by atoms with Gasteiger partial charge >= 0.3 is 0 Å². The Morgan fingerprint density at radius 3 is 2.79 bits per heavy atom. The van der Waals surface area contributed by atoms with Gasteiger partial charge in [0.25, 0.3) is 5.89 Å². The molecule has 33 heavy (non-hydrogen) atoms. The second kappa shape index (κ2) is 7.63. The van der Waals surface area contributed by atoms with Crippen LogP contribution in [0.25, 0.3) is 23.0 Å². The van der Waals surface area contributed by atoms with E-state index in [1.165, 1.54) is 0 Å². The number of fused-ring (bicyclic) bond motifs is 5. The number of imidazole rings is 1. The number of nitrogens with zero attached hydrogens (tertiary/aromatic N) is 8. The van der Waals surface area contributed by atoms with Crippen LogP contribution in [0.3, 0.4) is 0 Å². The van der Waals surface area contributed by atoms with Crippen LogP contribution in [0.2, 0.25) is 5.02 Å². The predicted molar refractivity (Wildman–Crippen MR) is 121 cm³/mol. The molecule has 1 aromatic carbocycles. The van der Waals surface area contributed by atoms with E-state index in [9.17, 15) is 0 Å². The van der Waals surface area contributed by atoms with Crippen LogP contribution in [-0.2, 0) is 12.8 Å². The summed E-state index contributed by atoms with van der Waals surface area (Å²) >= 11 is 6.36. The van der Waals surface area contributed by atoms with Gasteiger partial charge in [-0.25, -0.2) is 9.67 Å². The number of rotatable bonds is 4. The Morgan fingerprint density at radius 1 is 1.09 bits per heavy atom. The average molecular weight is 459 g/mol. The van der Waals surface area contributed by atoms with E-state index in [0.29, 0.717) is 35.3 Å². The number of halogens is 1. The summed E-state index contributed by atoms with van der Waals surface area (Å²) in [6.45, 7) is 4.05. The zero-order valence-corrected chi connectivity index (χ0v) is 18.7. The van der Waals surface area contributed by atoms with E-state index in [4.69, 9.17) is 16.1 Å². The van der Waals surface area contributed by atoms with Gasteiger partial charge in [-0.15, -0.1) is 5.10 Å². The Labute approximate surface area is 194 Å². The van der Waals surface area contributed by atoms with E-state index in [2.05, 4.69) is 30.4 Å². The van der Waals surface area contributed by atoms with Gasteiger partial charge in [-0.2, -0.15) is 4.98 Å². The lowest BCUT2D eigenvalue weighted by Gasteiger charge is -2.09. The molecule has 0 saturated heterocycles. The average Bonchev–Trinajstić information content (AvgIpc) is 3.53. The fourth-order valence-corrected chi connectivity index (χ4v) is 4.20. The Morgan fingerprint density at radius 2 is 2.00 bits per heavy atom. The molecule has 4 aromatic heterocycles. The number of hydrogen-bond donors (Lipinski definition) is 0. The van der Waals surface area contributed by atoms with Gasteiger partial charge in [-0.3, -0.25) is 9.55 Å². The third-order valence-corrected chi connectivity index (χ3v) is 5.94. The molecular weight excluding hydrogens is 440 g/mol. The van der Waals surface area contributed by atoms with Crippen LogP contribution in [0.15, 0.2) is 53.4 Å². The highest BCUT2D eigenvalue weighted by atomic mass is 35.5. The molecular formula is C23H19ClN8O. The standard InChI is InChI=1S/C23H19ClN8O/c1-13(2)22-27-23(33-29-22)21-20-11-18-16(10-15-5-3-4-8-25-15)28-30-32(18)19-9-14(24)6-7-17(19)31(20)12-26-21/h3-9,12-13H,10-11H2,1-2H3. The maximum atomic E-state index is 6.36. The molecule has 0 saturated carbocycles. The molecule has 0 radical (unpaired) electrons. The number of benzene rings is 1. The quantitative estimate of drug-likeness (QED) is 0.390. The Bertz CT molecular complexity index is 1470. The normalized spacial score (nSPS) is 12.4. The van der Waals surface area contributed by atoms with Gasteiger partial charge in [0.15, 0.2) is 11.5 Å². The highest BCUT2D eigenvalue weighted by Gasteiger charge is 2.29. The summed E-state index contributed by atoms with van der Waals surface area (Å²) in [7, 11) is 0. The van der Waals surface area contributed by atoms with Crippen LogP contribution in [0.5, 0.6) is 0 Å². The van der Waals surface area contributed by atoms with Gasteiger partial charge in [0.05, 0.1) is 28.5 Å². The maximum Gasteiger partial charge on any atom is 0.278 e. The van der Waals surface area contributed by atoms with Gasteiger partial charge in [0, 0.05) is 35.7 Å². The van der Waals surface area contributed by atoms with Crippen molar-refractivity contribution < 1.29 is 4.52 Å². The smallest absolute Gasteiger partial charge is 0.278 e. The topological polar surface area (TPSA) is 100 Å². The zero-order chi connectivity index (χ0) is 22.5. The second-order valence-electron chi connectivity index (χ2n) is 8.22. The summed E-state index contributed by atoms with van der Waals surface area (Å²) < 4.78 is 9.45. The highest BCUT2D eigenvalue weighted by Crippen LogP contribution is 2.34. The predicted octanol–water partition coefficient (Wildman–Crippen LogP) is 4.17. The lowest BCUT2D eigenvalue weighted by Crippen LogP contribution is -2.04. The molecule has 10 heteroatoms. The first-order valence-electron chi connectivity index (χ1n) is 10.6. The van der Waals surface area contributed by atoms with Crippen LogP contribution in [0.4, 0.5) is 0 Å². The first kappa shape index (κ1) is 19.8. The van der Waals surface area contributed by atoms with Gasteiger partial charge in [-0.1, -0.05) is 41.9 Å². The van der Waals surface area contributed by atoms with Crippen LogP contribution < -0.4 is 0 Å². The first-order valence-corrected chi connectivity index (χ1v) is 11.0. The van der Waals surface area contributed by atoms with Gasteiger partial charge in [-0.05, 0) is 30.3 Å². The molecule has 0 amide bonds. The highest BCUT2D eigenvalue weighted by molar-refractivity contribution is 6.30. The van der Waals surface area contributed by atoms with Crippen LogP contribution >= 0.6 is 11.6 Å². The van der Waals surface area contributed by atoms with E-state index in [0.717, 1.165) is 34.2 Å². The monoisotopic (exact) mass is 458 g/mol. The van der Waals surface area contributed by atoms with Crippen LogP contribution in [0, 0.1) is 0 Å². The van der Waals surface area contributed by atoms with E-state index in [1.54, 1.807) is 12.5 Å². The van der Waals surface area contributed by atoms with E-state index >= 15 is 0 Å². The summed E-state index contributed by atoms with van der Waals surface area (Å²) in [6.07, 6.45) is 4.64. The molecule has 6 rings (SSSR count). The van der Waals surface area contributed by atoms with Crippen molar-refractivity contribution in [2.24, 2.45) is 0 Å². The van der Waals surface area contributed by atoms with Crippen molar-refractivity contribution in [1.82, 2.24) is 39.7 Å². The molecule has 0 unspecified atom stereocenters. The largest absolute Gasteiger partial charge is 0.332 e. The number of aromatic nitrogens is 8. The fourth-order valence-electron chi connectivity index (χ4n) is 4.04. The third kappa shape index (κ3) is 3.32. The van der Waals surface area contributed by atoms with Crippen molar-refractivity contribution in [1.29, 1.82) is 0 Å². The van der Waals surface area contributed by atoms with Crippen molar-refractivity contribution in [3.05, 3.63) is 82.5 Å².